The number of ether oxygens (including phenoxy) is 2. The Bertz CT molecular complexity index is 522. The quantitative estimate of drug-likeness (QED) is 0.687. The Labute approximate surface area is 102 Å². The molecule has 17 heavy (non-hydrogen) atoms. The molecule has 0 fully saturated rings. The molecular weight excluding hydrogens is 211 g/mol. The minimum atomic E-state index is -0.0644. The van der Waals surface area contributed by atoms with Gasteiger partial charge in [-0.1, -0.05) is 41.9 Å². The van der Waals surface area contributed by atoms with E-state index in [9.17, 15) is 0 Å². The summed E-state index contributed by atoms with van der Waals surface area (Å²) in [4.78, 5) is 0. The Morgan fingerprint density at radius 1 is 0.941 bits per heavy atom. The lowest BCUT2D eigenvalue weighted by Crippen LogP contribution is -2.21. The van der Waals surface area contributed by atoms with Gasteiger partial charge in [-0.25, -0.2) is 0 Å². The van der Waals surface area contributed by atoms with Gasteiger partial charge in [0.2, 0.25) is 0 Å². The summed E-state index contributed by atoms with van der Waals surface area (Å²) in [6.07, 6.45) is -0.0644. The predicted octanol–water partition coefficient (Wildman–Crippen LogP) is 1.99. The molecule has 2 aromatic rings. The Balaban J connectivity index is 1.86. The zero-order valence-corrected chi connectivity index (χ0v) is 9.30. The standard InChI is InChI=1S/C14H11BO2/c15-11-7-5-10(6-8-11)14-9-16-12-3-1-2-4-13(12)17-14/h1-8,14H,9H2. The minimum Gasteiger partial charge on any atom is -0.485 e. The van der Waals surface area contributed by atoms with Crippen LogP contribution in [0.4, 0.5) is 0 Å². The summed E-state index contributed by atoms with van der Waals surface area (Å²) >= 11 is 0. The molecule has 2 aromatic carbocycles. The Hall–Kier alpha value is -1.90. The topological polar surface area (TPSA) is 18.5 Å². The van der Waals surface area contributed by atoms with Gasteiger partial charge < -0.3 is 9.47 Å². The van der Waals surface area contributed by atoms with E-state index in [1.807, 2.05) is 48.5 Å². The molecule has 3 heteroatoms. The third kappa shape index (κ3) is 2.01. The van der Waals surface area contributed by atoms with Gasteiger partial charge in [-0.15, -0.1) is 0 Å². The highest BCUT2D eigenvalue weighted by Crippen LogP contribution is 2.35. The van der Waals surface area contributed by atoms with Crippen molar-refractivity contribution in [2.45, 2.75) is 6.10 Å². The summed E-state index contributed by atoms with van der Waals surface area (Å²) in [7, 11) is 5.66. The summed E-state index contributed by atoms with van der Waals surface area (Å²) in [6, 6.07) is 15.4. The average molecular weight is 222 g/mol. The maximum absolute atomic E-state index is 5.89. The second-order valence-electron chi connectivity index (χ2n) is 4.03. The van der Waals surface area contributed by atoms with Gasteiger partial charge in [-0.3, -0.25) is 0 Å². The van der Waals surface area contributed by atoms with E-state index in [2.05, 4.69) is 0 Å². The van der Waals surface area contributed by atoms with Crippen LogP contribution in [0.15, 0.2) is 48.5 Å². The van der Waals surface area contributed by atoms with Gasteiger partial charge in [0.15, 0.2) is 17.6 Å². The van der Waals surface area contributed by atoms with Crippen LogP contribution in [0.3, 0.4) is 0 Å². The van der Waals surface area contributed by atoms with Gasteiger partial charge >= 0.3 is 0 Å². The van der Waals surface area contributed by atoms with Crippen molar-refractivity contribution in [2.75, 3.05) is 6.61 Å². The Morgan fingerprint density at radius 2 is 1.65 bits per heavy atom. The molecule has 1 atom stereocenters. The minimum absolute atomic E-state index is 0.0644. The van der Waals surface area contributed by atoms with Crippen LogP contribution in [-0.4, -0.2) is 14.5 Å². The molecule has 1 aliphatic rings. The fourth-order valence-corrected chi connectivity index (χ4v) is 1.89. The molecule has 1 aliphatic heterocycles. The van der Waals surface area contributed by atoms with Gasteiger partial charge in [0.1, 0.15) is 14.5 Å². The summed E-state index contributed by atoms with van der Waals surface area (Å²) in [5.74, 6) is 1.60. The van der Waals surface area contributed by atoms with E-state index < -0.39 is 0 Å². The molecule has 3 rings (SSSR count). The molecule has 0 aliphatic carbocycles. The van der Waals surface area contributed by atoms with Crippen molar-refractivity contribution in [1.29, 1.82) is 0 Å². The van der Waals surface area contributed by atoms with E-state index in [4.69, 9.17) is 17.3 Å². The zero-order valence-electron chi connectivity index (χ0n) is 9.30. The lowest BCUT2D eigenvalue weighted by molar-refractivity contribution is 0.0913. The first kappa shape index (κ1) is 10.3. The van der Waals surface area contributed by atoms with E-state index in [1.165, 1.54) is 0 Å². The maximum Gasteiger partial charge on any atom is 0.162 e. The number of para-hydroxylation sites is 2. The van der Waals surface area contributed by atoms with Gasteiger partial charge in [0.05, 0.1) is 0 Å². The highest BCUT2D eigenvalue weighted by molar-refractivity contribution is 6.32. The highest BCUT2D eigenvalue weighted by atomic mass is 16.6. The molecule has 0 bridgehead atoms. The predicted molar refractivity (Wildman–Crippen MR) is 67.1 cm³/mol. The molecule has 0 amide bonds. The van der Waals surface area contributed by atoms with Gasteiger partial charge in [0, 0.05) is 0 Å². The second-order valence-corrected chi connectivity index (χ2v) is 4.03. The van der Waals surface area contributed by atoms with Crippen LogP contribution in [0.5, 0.6) is 11.5 Å². The van der Waals surface area contributed by atoms with E-state index in [-0.39, 0.29) is 6.10 Å². The van der Waals surface area contributed by atoms with Crippen LogP contribution in [0, 0.1) is 0 Å². The summed E-state index contributed by atoms with van der Waals surface area (Å²) in [5, 5.41) is 0. The van der Waals surface area contributed by atoms with E-state index >= 15 is 0 Å². The van der Waals surface area contributed by atoms with E-state index in [1.54, 1.807) is 0 Å². The molecule has 0 saturated carbocycles. The summed E-state index contributed by atoms with van der Waals surface area (Å²) in [5.41, 5.74) is 1.83. The lowest BCUT2D eigenvalue weighted by atomic mass is 9.94. The number of rotatable bonds is 1. The number of hydrogen-bond donors (Lipinski definition) is 0. The smallest absolute Gasteiger partial charge is 0.162 e. The largest absolute Gasteiger partial charge is 0.485 e. The third-order valence-corrected chi connectivity index (χ3v) is 2.82. The molecule has 82 valence electrons. The molecule has 0 N–H and O–H groups in total. The number of hydrogen-bond acceptors (Lipinski definition) is 2. The van der Waals surface area contributed by atoms with Crippen LogP contribution >= 0.6 is 0 Å². The van der Waals surface area contributed by atoms with Crippen LogP contribution in [0.1, 0.15) is 11.7 Å². The second kappa shape index (κ2) is 4.17. The first-order valence-corrected chi connectivity index (χ1v) is 5.57. The Morgan fingerprint density at radius 3 is 2.41 bits per heavy atom. The maximum atomic E-state index is 5.89. The molecule has 2 radical (unpaired) electrons. The molecule has 2 nitrogen and oxygen atoms in total. The van der Waals surface area contributed by atoms with Crippen LogP contribution < -0.4 is 14.9 Å². The zero-order chi connectivity index (χ0) is 11.7. The van der Waals surface area contributed by atoms with Crippen molar-refractivity contribution >= 4 is 13.3 Å². The van der Waals surface area contributed by atoms with Gasteiger partial charge in [-0.2, -0.15) is 0 Å². The van der Waals surface area contributed by atoms with E-state index in [0.29, 0.717) is 6.61 Å². The average Bonchev–Trinajstić information content (AvgIpc) is 2.39. The van der Waals surface area contributed by atoms with Crippen molar-refractivity contribution < 1.29 is 9.47 Å². The monoisotopic (exact) mass is 222 g/mol. The number of fused-ring (bicyclic) bond motifs is 1. The molecule has 0 aromatic heterocycles. The van der Waals surface area contributed by atoms with Gasteiger partial charge in [-0.05, 0) is 17.7 Å². The van der Waals surface area contributed by atoms with Crippen molar-refractivity contribution in [2.24, 2.45) is 0 Å². The van der Waals surface area contributed by atoms with Gasteiger partial charge in [0.25, 0.3) is 0 Å². The third-order valence-electron chi connectivity index (χ3n) is 2.82. The number of benzene rings is 2. The summed E-state index contributed by atoms with van der Waals surface area (Å²) < 4.78 is 11.6. The Kier molecular flexibility index (Phi) is 2.52. The first-order chi connectivity index (χ1) is 8.33. The summed E-state index contributed by atoms with van der Waals surface area (Å²) in [6.45, 7) is 0.529. The highest BCUT2D eigenvalue weighted by Gasteiger charge is 2.21. The lowest BCUT2D eigenvalue weighted by Gasteiger charge is -2.26. The fourth-order valence-electron chi connectivity index (χ4n) is 1.89. The van der Waals surface area contributed by atoms with Crippen LogP contribution in [0.25, 0.3) is 0 Å². The molecule has 1 unspecified atom stereocenters. The van der Waals surface area contributed by atoms with Crippen molar-refractivity contribution in [3.05, 3.63) is 54.1 Å². The fraction of sp³-hybridized carbons (Fsp3) is 0.143. The van der Waals surface area contributed by atoms with Crippen LogP contribution in [0.2, 0.25) is 0 Å². The molecular formula is C14H11BO2. The SMILES string of the molecule is [B]c1ccc(C2COc3ccccc3O2)cc1. The molecule has 1 heterocycles. The van der Waals surface area contributed by atoms with Crippen molar-refractivity contribution in [3.63, 3.8) is 0 Å². The van der Waals surface area contributed by atoms with Crippen LogP contribution in [-0.2, 0) is 0 Å². The van der Waals surface area contributed by atoms with Crippen molar-refractivity contribution in [3.8, 4) is 11.5 Å². The van der Waals surface area contributed by atoms with E-state index in [0.717, 1.165) is 22.5 Å². The first-order valence-electron chi connectivity index (χ1n) is 5.57. The van der Waals surface area contributed by atoms with Crippen molar-refractivity contribution in [1.82, 2.24) is 0 Å². The molecule has 0 spiro atoms. The normalized spacial score (nSPS) is 17.8. The molecule has 0 saturated heterocycles.